The topological polar surface area (TPSA) is 74.8 Å². The van der Waals surface area contributed by atoms with E-state index in [0.717, 1.165) is 0 Å². The van der Waals surface area contributed by atoms with Crippen LogP contribution in [0.4, 0.5) is 5.13 Å². The molecule has 0 saturated heterocycles. The van der Waals surface area contributed by atoms with Crippen LogP contribution >= 0.6 is 11.3 Å². The van der Waals surface area contributed by atoms with Crippen LogP contribution in [-0.4, -0.2) is 10.9 Å². The molecule has 0 bridgehead atoms. The summed E-state index contributed by atoms with van der Waals surface area (Å²) in [4.78, 5) is 3.72. The number of thiazole rings is 1. The van der Waals surface area contributed by atoms with Crippen LogP contribution in [0.15, 0.2) is 5.38 Å². The summed E-state index contributed by atoms with van der Waals surface area (Å²) >= 11 is 1.35. The summed E-state index contributed by atoms with van der Waals surface area (Å²) in [6.07, 6.45) is 2.59. The van der Waals surface area contributed by atoms with Crippen LogP contribution < -0.4 is 11.1 Å². The molecule has 0 amide bonds. The summed E-state index contributed by atoms with van der Waals surface area (Å²) in [7, 11) is 0. The molecule has 0 spiro atoms. The summed E-state index contributed by atoms with van der Waals surface area (Å²) in [5.74, 6) is -0.0987. The molecule has 47 valence electrons. The number of rotatable bonds is 1. The Morgan fingerprint density at radius 1 is 2.00 bits per heavy atom. The lowest BCUT2D eigenvalue weighted by molar-refractivity contribution is 1.35. The summed E-state index contributed by atoms with van der Waals surface area (Å²) in [5.41, 5.74) is 5.01. The second-order valence-corrected chi connectivity index (χ2v) is 2.18. The summed E-state index contributed by atoms with van der Waals surface area (Å²) in [6.45, 7) is 0. The number of hydrogen-bond donors (Lipinski definition) is 3. The molecular formula is C4H5N4S. The molecule has 0 unspecified atom stereocenters. The van der Waals surface area contributed by atoms with E-state index in [9.17, 15) is 0 Å². The van der Waals surface area contributed by atoms with Crippen molar-refractivity contribution in [2.24, 2.45) is 5.73 Å². The van der Waals surface area contributed by atoms with Gasteiger partial charge in [0.15, 0.2) is 11.1 Å². The Balaban J connectivity index is 2.58. The SMILES string of the molecule is N=C(N)Nc1n[c]cs1. The largest absolute Gasteiger partial charge is 0.370 e. The van der Waals surface area contributed by atoms with Crippen molar-refractivity contribution in [1.29, 1.82) is 5.41 Å². The van der Waals surface area contributed by atoms with E-state index in [2.05, 4.69) is 16.5 Å². The summed E-state index contributed by atoms with van der Waals surface area (Å²) in [5, 5.41) is 11.6. The van der Waals surface area contributed by atoms with Crippen molar-refractivity contribution in [3.05, 3.63) is 11.6 Å². The Morgan fingerprint density at radius 3 is 3.22 bits per heavy atom. The van der Waals surface area contributed by atoms with Crippen LogP contribution in [0.3, 0.4) is 0 Å². The minimum Gasteiger partial charge on any atom is -0.370 e. The lowest BCUT2D eigenvalue weighted by atomic mass is 10.9. The number of nitrogens with one attached hydrogen (secondary N) is 2. The lowest BCUT2D eigenvalue weighted by Gasteiger charge is -1.94. The molecule has 1 aromatic rings. The highest BCUT2D eigenvalue weighted by Gasteiger charge is 1.92. The first-order chi connectivity index (χ1) is 4.29. The first kappa shape index (κ1) is 6.03. The van der Waals surface area contributed by atoms with Gasteiger partial charge in [0.1, 0.15) is 6.20 Å². The Bertz CT molecular complexity index is 192. The maximum Gasteiger partial charge on any atom is 0.192 e. The summed E-state index contributed by atoms with van der Waals surface area (Å²) in [6, 6.07) is 0. The first-order valence-corrected chi connectivity index (χ1v) is 3.09. The van der Waals surface area contributed by atoms with Gasteiger partial charge in [-0.25, -0.2) is 4.98 Å². The highest BCUT2D eigenvalue weighted by Crippen LogP contribution is 2.07. The third kappa shape index (κ3) is 1.69. The van der Waals surface area contributed by atoms with Crippen LogP contribution in [0.25, 0.3) is 0 Å². The van der Waals surface area contributed by atoms with Crippen LogP contribution in [-0.2, 0) is 0 Å². The first-order valence-electron chi connectivity index (χ1n) is 2.21. The molecule has 1 radical (unpaired) electrons. The van der Waals surface area contributed by atoms with E-state index in [0.29, 0.717) is 5.13 Å². The van der Waals surface area contributed by atoms with Gasteiger partial charge in [0.2, 0.25) is 0 Å². The van der Waals surface area contributed by atoms with Crippen molar-refractivity contribution < 1.29 is 0 Å². The second-order valence-electron chi connectivity index (χ2n) is 1.32. The minimum atomic E-state index is -0.0987. The zero-order chi connectivity index (χ0) is 6.69. The van der Waals surface area contributed by atoms with E-state index < -0.39 is 0 Å². The molecule has 0 fully saturated rings. The Morgan fingerprint density at radius 2 is 2.78 bits per heavy atom. The van der Waals surface area contributed by atoms with Crippen LogP contribution in [0.2, 0.25) is 0 Å². The average Bonchev–Trinajstić information content (AvgIpc) is 2.15. The van der Waals surface area contributed by atoms with Gasteiger partial charge in [-0.15, -0.1) is 11.3 Å². The van der Waals surface area contributed by atoms with E-state index in [1.807, 2.05) is 0 Å². The Kier molecular flexibility index (Phi) is 1.64. The lowest BCUT2D eigenvalue weighted by Crippen LogP contribution is -2.20. The fraction of sp³-hybridized carbons (Fsp3) is 0. The summed E-state index contributed by atoms with van der Waals surface area (Å²) < 4.78 is 0. The van der Waals surface area contributed by atoms with Crippen molar-refractivity contribution in [3.63, 3.8) is 0 Å². The average molecular weight is 141 g/mol. The standard InChI is InChI=1S/C4H5N4S/c5-3(6)8-4-7-1-2-9-4/h2H,(H4,5,6,7,8). The van der Waals surface area contributed by atoms with E-state index in [1.54, 1.807) is 5.38 Å². The number of nitrogens with two attached hydrogens (primary N) is 1. The van der Waals surface area contributed by atoms with Gasteiger partial charge < -0.3 is 11.1 Å². The van der Waals surface area contributed by atoms with Gasteiger partial charge in [-0.2, -0.15) is 0 Å². The molecule has 0 aliphatic heterocycles. The predicted molar refractivity (Wildman–Crippen MR) is 36.5 cm³/mol. The molecule has 0 aliphatic rings. The molecule has 5 heteroatoms. The maximum absolute atomic E-state index is 6.79. The molecule has 0 aliphatic carbocycles. The number of hydrogen-bond acceptors (Lipinski definition) is 3. The van der Waals surface area contributed by atoms with Crippen molar-refractivity contribution in [2.45, 2.75) is 0 Å². The maximum atomic E-state index is 6.79. The fourth-order valence-electron chi connectivity index (χ4n) is 0.366. The van der Waals surface area contributed by atoms with Crippen LogP contribution in [0.1, 0.15) is 0 Å². The van der Waals surface area contributed by atoms with Gasteiger partial charge in [0.25, 0.3) is 0 Å². The molecule has 1 aromatic heterocycles. The third-order valence-corrected chi connectivity index (χ3v) is 1.27. The quantitative estimate of drug-likeness (QED) is 0.387. The van der Waals surface area contributed by atoms with Gasteiger partial charge in [-0.1, -0.05) is 0 Å². The number of guanidine groups is 1. The van der Waals surface area contributed by atoms with E-state index in [1.165, 1.54) is 11.3 Å². The van der Waals surface area contributed by atoms with Crippen LogP contribution in [0, 0.1) is 11.6 Å². The second kappa shape index (κ2) is 2.45. The van der Waals surface area contributed by atoms with Crippen molar-refractivity contribution in [1.82, 2.24) is 4.98 Å². The highest BCUT2D eigenvalue weighted by molar-refractivity contribution is 7.13. The molecule has 0 atom stereocenters. The molecule has 4 nitrogen and oxygen atoms in total. The van der Waals surface area contributed by atoms with E-state index in [-0.39, 0.29) is 5.96 Å². The van der Waals surface area contributed by atoms with Crippen molar-refractivity contribution in [3.8, 4) is 0 Å². The Labute approximate surface area is 56.2 Å². The Hall–Kier alpha value is -1.10. The molecule has 4 N–H and O–H groups in total. The van der Waals surface area contributed by atoms with E-state index >= 15 is 0 Å². The van der Waals surface area contributed by atoms with Gasteiger partial charge in [-0.3, -0.25) is 5.41 Å². The van der Waals surface area contributed by atoms with E-state index in [4.69, 9.17) is 11.1 Å². The monoisotopic (exact) mass is 141 g/mol. The number of nitrogens with zero attached hydrogens (tertiary/aromatic N) is 1. The van der Waals surface area contributed by atoms with Gasteiger partial charge >= 0.3 is 0 Å². The molecule has 0 aromatic carbocycles. The zero-order valence-corrected chi connectivity index (χ0v) is 5.33. The number of anilines is 1. The normalized spacial score (nSPS) is 8.89. The highest BCUT2D eigenvalue weighted by atomic mass is 32.1. The smallest absolute Gasteiger partial charge is 0.192 e. The third-order valence-electron chi connectivity index (χ3n) is 0.631. The van der Waals surface area contributed by atoms with Gasteiger partial charge in [0.05, 0.1) is 0 Å². The molecule has 9 heavy (non-hydrogen) atoms. The minimum absolute atomic E-state index is 0.0987. The van der Waals surface area contributed by atoms with Gasteiger partial charge in [-0.05, 0) is 0 Å². The zero-order valence-electron chi connectivity index (χ0n) is 4.51. The van der Waals surface area contributed by atoms with Gasteiger partial charge in [0, 0.05) is 5.38 Å². The number of aromatic nitrogens is 1. The van der Waals surface area contributed by atoms with Crippen molar-refractivity contribution in [2.75, 3.05) is 5.32 Å². The molecule has 0 saturated carbocycles. The van der Waals surface area contributed by atoms with Crippen molar-refractivity contribution >= 4 is 22.4 Å². The molecular weight excluding hydrogens is 136 g/mol. The fourth-order valence-corrected chi connectivity index (χ4v) is 0.857. The predicted octanol–water partition coefficient (Wildman–Crippen LogP) is 0.249. The van der Waals surface area contributed by atoms with Crippen LogP contribution in [0.5, 0.6) is 0 Å². The molecule has 1 heterocycles. The molecule has 1 rings (SSSR count).